The van der Waals surface area contributed by atoms with Crippen molar-refractivity contribution in [3.63, 3.8) is 0 Å². The van der Waals surface area contributed by atoms with Crippen LogP contribution in [-0.4, -0.2) is 25.6 Å². The van der Waals surface area contributed by atoms with Gasteiger partial charge in [0.25, 0.3) is 0 Å². The number of aryl methyl sites for hydroxylation is 2. The summed E-state index contributed by atoms with van der Waals surface area (Å²) in [5.74, 6) is 0.255. The van der Waals surface area contributed by atoms with E-state index in [0.29, 0.717) is 35.0 Å². The van der Waals surface area contributed by atoms with Crippen LogP contribution < -0.4 is 10.1 Å². The Morgan fingerprint density at radius 1 is 1.30 bits per heavy atom. The summed E-state index contributed by atoms with van der Waals surface area (Å²) in [5.41, 5.74) is 2.52. The van der Waals surface area contributed by atoms with Crippen LogP contribution >= 0.6 is 22.9 Å². The van der Waals surface area contributed by atoms with Crippen LogP contribution in [0.25, 0.3) is 0 Å². The number of amides is 1. The molecule has 0 saturated carbocycles. The Labute approximate surface area is 167 Å². The van der Waals surface area contributed by atoms with Crippen molar-refractivity contribution in [3.8, 4) is 5.75 Å². The van der Waals surface area contributed by atoms with Crippen LogP contribution in [0.2, 0.25) is 5.02 Å². The highest BCUT2D eigenvalue weighted by Gasteiger charge is 2.27. The van der Waals surface area contributed by atoms with E-state index in [-0.39, 0.29) is 11.9 Å². The lowest BCUT2D eigenvalue weighted by Gasteiger charge is -2.10. The lowest BCUT2D eigenvalue weighted by atomic mass is 10.1. The van der Waals surface area contributed by atoms with Gasteiger partial charge < -0.3 is 14.8 Å². The number of rotatable bonds is 7. The number of anilines is 1. The third-order valence-electron chi connectivity index (χ3n) is 4.51. The van der Waals surface area contributed by atoms with Gasteiger partial charge in [-0.25, -0.2) is 4.79 Å². The summed E-state index contributed by atoms with van der Waals surface area (Å²) in [4.78, 5) is 25.6. The average molecular weight is 408 g/mol. The molecule has 1 heterocycles. The van der Waals surface area contributed by atoms with Gasteiger partial charge in [0.1, 0.15) is 10.8 Å². The predicted octanol–water partition coefficient (Wildman–Crippen LogP) is 4.78. The van der Waals surface area contributed by atoms with E-state index in [4.69, 9.17) is 21.1 Å². The van der Waals surface area contributed by atoms with Gasteiger partial charge >= 0.3 is 5.97 Å². The first-order valence-electron chi connectivity index (χ1n) is 8.91. The summed E-state index contributed by atoms with van der Waals surface area (Å²) in [6, 6.07) is 5.45. The number of esters is 1. The van der Waals surface area contributed by atoms with Crippen LogP contribution in [0.1, 0.15) is 45.6 Å². The molecule has 0 fully saturated rings. The maximum Gasteiger partial charge on any atom is 0.341 e. The number of nitrogens with one attached hydrogen (secondary N) is 1. The molecule has 0 radical (unpaired) electrons. The van der Waals surface area contributed by atoms with Gasteiger partial charge in [-0.05, 0) is 61.9 Å². The van der Waals surface area contributed by atoms with Crippen LogP contribution in [0.15, 0.2) is 18.2 Å². The molecule has 1 amide bonds. The third kappa shape index (κ3) is 4.62. The summed E-state index contributed by atoms with van der Waals surface area (Å²) in [5, 5.41) is 4.15. The number of thiophene rings is 1. The Kier molecular flexibility index (Phi) is 6.39. The van der Waals surface area contributed by atoms with Crippen molar-refractivity contribution in [2.75, 3.05) is 19.0 Å². The zero-order valence-corrected chi connectivity index (χ0v) is 17.0. The summed E-state index contributed by atoms with van der Waals surface area (Å²) >= 11 is 7.41. The molecule has 2 aromatic rings. The zero-order chi connectivity index (χ0) is 19.4. The molecule has 5 nitrogen and oxygen atoms in total. The molecule has 0 unspecified atom stereocenters. The van der Waals surface area contributed by atoms with Crippen molar-refractivity contribution < 1.29 is 19.1 Å². The molecule has 1 aromatic heterocycles. The molecular weight excluding hydrogens is 386 g/mol. The monoisotopic (exact) mass is 407 g/mol. The van der Waals surface area contributed by atoms with E-state index in [0.717, 1.165) is 36.1 Å². The van der Waals surface area contributed by atoms with E-state index in [1.54, 1.807) is 6.07 Å². The van der Waals surface area contributed by atoms with Gasteiger partial charge in [-0.1, -0.05) is 11.6 Å². The van der Waals surface area contributed by atoms with Gasteiger partial charge in [-0.15, -0.1) is 11.3 Å². The van der Waals surface area contributed by atoms with Gasteiger partial charge in [0.05, 0.1) is 19.3 Å². The van der Waals surface area contributed by atoms with E-state index < -0.39 is 0 Å². The summed E-state index contributed by atoms with van der Waals surface area (Å²) < 4.78 is 10.6. The number of carbonyl (C=O) groups excluding carboxylic acids is 2. The average Bonchev–Trinajstić information content (AvgIpc) is 3.20. The minimum Gasteiger partial charge on any atom is -0.493 e. The third-order valence-corrected chi connectivity index (χ3v) is 5.95. The van der Waals surface area contributed by atoms with Crippen molar-refractivity contribution in [2.24, 2.45) is 0 Å². The lowest BCUT2D eigenvalue weighted by Crippen LogP contribution is -2.15. The standard InChI is InChI=1S/C20H22ClNO4S/c1-12-11-13(21)8-9-15(12)26-10-4-7-17(23)22-19-18(20(24)25-2)14-5-3-6-16(14)27-19/h8-9,11H,3-7,10H2,1-2H3,(H,22,23). The molecule has 0 saturated heterocycles. The molecule has 3 rings (SSSR count). The molecule has 0 bridgehead atoms. The molecule has 0 spiro atoms. The fourth-order valence-electron chi connectivity index (χ4n) is 3.19. The minimum absolute atomic E-state index is 0.128. The van der Waals surface area contributed by atoms with E-state index in [1.165, 1.54) is 23.3 Å². The van der Waals surface area contributed by atoms with Crippen molar-refractivity contribution in [3.05, 3.63) is 44.8 Å². The number of ether oxygens (including phenoxy) is 2. The van der Waals surface area contributed by atoms with Crippen LogP contribution in [0.3, 0.4) is 0 Å². The molecule has 1 N–H and O–H groups in total. The largest absolute Gasteiger partial charge is 0.493 e. The van der Waals surface area contributed by atoms with Crippen molar-refractivity contribution in [2.45, 2.75) is 39.0 Å². The number of fused-ring (bicyclic) bond motifs is 1. The van der Waals surface area contributed by atoms with Crippen molar-refractivity contribution in [1.82, 2.24) is 0 Å². The Bertz CT molecular complexity index is 862. The number of hydrogen-bond donors (Lipinski definition) is 1. The Morgan fingerprint density at radius 3 is 2.85 bits per heavy atom. The second-order valence-electron chi connectivity index (χ2n) is 6.46. The van der Waals surface area contributed by atoms with Gasteiger partial charge in [0.15, 0.2) is 0 Å². The minimum atomic E-state index is -0.383. The van der Waals surface area contributed by atoms with Gasteiger partial charge in [-0.2, -0.15) is 0 Å². The molecule has 7 heteroatoms. The smallest absolute Gasteiger partial charge is 0.341 e. The first-order chi connectivity index (χ1) is 13.0. The van der Waals surface area contributed by atoms with Crippen molar-refractivity contribution in [1.29, 1.82) is 0 Å². The maximum absolute atomic E-state index is 12.3. The van der Waals surface area contributed by atoms with Crippen LogP contribution in [0, 0.1) is 6.92 Å². The molecule has 1 aromatic carbocycles. The molecule has 1 aliphatic carbocycles. The Balaban J connectivity index is 1.53. The van der Waals surface area contributed by atoms with Crippen molar-refractivity contribution >= 4 is 39.8 Å². The number of carbonyl (C=O) groups is 2. The van der Waals surface area contributed by atoms with E-state index >= 15 is 0 Å². The zero-order valence-electron chi connectivity index (χ0n) is 15.4. The number of benzene rings is 1. The van der Waals surface area contributed by atoms with Gasteiger partial charge in [0.2, 0.25) is 5.91 Å². The van der Waals surface area contributed by atoms with Crippen LogP contribution in [-0.2, 0) is 22.4 Å². The van der Waals surface area contributed by atoms with Gasteiger partial charge in [0, 0.05) is 16.3 Å². The second kappa shape index (κ2) is 8.76. The number of methoxy groups -OCH3 is 1. The highest BCUT2D eigenvalue weighted by molar-refractivity contribution is 7.17. The molecule has 0 aliphatic heterocycles. The predicted molar refractivity (Wildman–Crippen MR) is 107 cm³/mol. The van der Waals surface area contributed by atoms with Gasteiger partial charge in [-0.3, -0.25) is 4.79 Å². The number of halogens is 1. The maximum atomic E-state index is 12.3. The lowest BCUT2D eigenvalue weighted by molar-refractivity contribution is -0.116. The van der Waals surface area contributed by atoms with E-state index in [2.05, 4.69) is 5.32 Å². The quantitative estimate of drug-likeness (QED) is 0.529. The SMILES string of the molecule is COC(=O)c1c(NC(=O)CCCOc2ccc(Cl)cc2C)sc2c1CCC2. The summed E-state index contributed by atoms with van der Waals surface area (Å²) in [6.07, 6.45) is 3.75. The highest BCUT2D eigenvalue weighted by Crippen LogP contribution is 2.39. The molecular formula is C20H22ClNO4S. The first kappa shape index (κ1) is 19.7. The molecule has 1 aliphatic rings. The highest BCUT2D eigenvalue weighted by atomic mass is 35.5. The topological polar surface area (TPSA) is 64.6 Å². The normalized spacial score (nSPS) is 12.6. The molecule has 27 heavy (non-hydrogen) atoms. The Hall–Kier alpha value is -2.05. The summed E-state index contributed by atoms with van der Waals surface area (Å²) in [6.45, 7) is 2.36. The number of hydrogen-bond acceptors (Lipinski definition) is 5. The van der Waals surface area contributed by atoms with Crippen LogP contribution in [0.4, 0.5) is 5.00 Å². The van der Waals surface area contributed by atoms with E-state index in [9.17, 15) is 9.59 Å². The first-order valence-corrected chi connectivity index (χ1v) is 10.1. The second-order valence-corrected chi connectivity index (χ2v) is 8.00. The Morgan fingerprint density at radius 2 is 2.11 bits per heavy atom. The fourth-order valence-corrected chi connectivity index (χ4v) is 4.71. The molecule has 144 valence electrons. The fraction of sp³-hybridized carbons (Fsp3) is 0.400. The van der Waals surface area contributed by atoms with Crippen LogP contribution in [0.5, 0.6) is 5.75 Å². The van der Waals surface area contributed by atoms with E-state index in [1.807, 2.05) is 19.1 Å². The summed E-state index contributed by atoms with van der Waals surface area (Å²) in [7, 11) is 1.36. The molecule has 0 atom stereocenters.